The van der Waals surface area contributed by atoms with E-state index in [1.165, 1.54) is 5.56 Å². The van der Waals surface area contributed by atoms with Gasteiger partial charge in [0.15, 0.2) is 0 Å². The second-order valence-corrected chi connectivity index (χ2v) is 5.18. The van der Waals surface area contributed by atoms with Crippen molar-refractivity contribution in [1.82, 2.24) is 20.2 Å². The molecule has 1 aromatic heterocycles. The van der Waals surface area contributed by atoms with Crippen LogP contribution >= 0.6 is 0 Å². The van der Waals surface area contributed by atoms with Gasteiger partial charge in [-0.05, 0) is 18.9 Å². The number of hydrogen-bond donors (Lipinski definition) is 3. The van der Waals surface area contributed by atoms with Crippen LogP contribution in [-0.2, 0) is 19.5 Å². The Balaban J connectivity index is 1.83. The van der Waals surface area contributed by atoms with Gasteiger partial charge in [0.05, 0.1) is 19.2 Å². The van der Waals surface area contributed by atoms with Gasteiger partial charge in [0.25, 0.3) is 0 Å². The molecule has 2 rings (SSSR count). The molecule has 0 fully saturated rings. The molecule has 0 aliphatic heterocycles. The third-order valence-corrected chi connectivity index (χ3v) is 3.34. The Bertz CT molecular complexity index is 583. The average molecular weight is 302 g/mol. The molecular formula is C16H22N4O2. The van der Waals surface area contributed by atoms with Crippen LogP contribution < -0.4 is 10.6 Å². The quantitative estimate of drug-likeness (QED) is 0.721. The van der Waals surface area contributed by atoms with Gasteiger partial charge in [0.2, 0.25) is 0 Å². The first kappa shape index (κ1) is 16.0. The minimum absolute atomic E-state index is 0.0842. The summed E-state index contributed by atoms with van der Waals surface area (Å²) in [6, 6.07) is 9.67. The van der Waals surface area contributed by atoms with Crippen LogP contribution in [-0.4, -0.2) is 33.3 Å². The number of amides is 2. The number of rotatable bonds is 7. The summed E-state index contributed by atoms with van der Waals surface area (Å²) in [5.74, 6) is 0.808. The van der Waals surface area contributed by atoms with Crippen molar-refractivity contribution >= 4 is 6.03 Å². The summed E-state index contributed by atoms with van der Waals surface area (Å²) in [7, 11) is 0. The number of nitrogens with one attached hydrogen (secondary N) is 2. The van der Waals surface area contributed by atoms with E-state index in [-0.39, 0.29) is 18.7 Å². The molecule has 1 heterocycles. The topological polar surface area (TPSA) is 79.2 Å². The zero-order valence-corrected chi connectivity index (χ0v) is 12.7. The fourth-order valence-electron chi connectivity index (χ4n) is 2.08. The molecule has 2 amide bonds. The number of carbonyl (C=O) groups excluding carboxylic acids is 1. The third-order valence-electron chi connectivity index (χ3n) is 3.34. The number of benzene rings is 1. The maximum absolute atomic E-state index is 11.6. The van der Waals surface area contributed by atoms with Crippen LogP contribution in [0.5, 0.6) is 0 Å². The Kier molecular flexibility index (Phi) is 5.97. The molecule has 1 atom stereocenters. The van der Waals surface area contributed by atoms with E-state index in [9.17, 15) is 4.79 Å². The Morgan fingerprint density at radius 1 is 1.36 bits per heavy atom. The number of imidazole rings is 1. The highest BCUT2D eigenvalue weighted by atomic mass is 16.3. The molecule has 6 heteroatoms. The van der Waals surface area contributed by atoms with Crippen molar-refractivity contribution in [3.8, 4) is 0 Å². The largest absolute Gasteiger partial charge is 0.394 e. The second kappa shape index (κ2) is 8.19. The van der Waals surface area contributed by atoms with E-state index in [0.29, 0.717) is 6.54 Å². The van der Waals surface area contributed by atoms with Crippen molar-refractivity contribution < 1.29 is 9.90 Å². The smallest absolute Gasteiger partial charge is 0.315 e. The minimum Gasteiger partial charge on any atom is -0.394 e. The molecule has 0 bridgehead atoms. The second-order valence-electron chi connectivity index (χ2n) is 5.18. The monoisotopic (exact) mass is 302 g/mol. The highest BCUT2D eigenvalue weighted by Crippen LogP contribution is 2.04. The van der Waals surface area contributed by atoms with E-state index in [0.717, 1.165) is 18.8 Å². The highest BCUT2D eigenvalue weighted by molar-refractivity contribution is 5.74. The maximum atomic E-state index is 11.6. The summed E-state index contributed by atoms with van der Waals surface area (Å²) < 4.78 is 2.03. The lowest BCUT2D eigenvalue weighted by Crippen LogP contribution is -2.42. The molecule has 0 aliphatic rings. The van der Waals surface area contributed by atoms with Gasteiger partial charge in [-0.15, -0.1) is 0 Å². The average Bonchev–Trinajstić information content (AvgIpc) is 2.99. The van der Waals surface area contributed by atoms with Crippen molar-refractivity contribution in [1.29, 1.82) is 0 Å². The predicted molar refractivity (Wildman–Crippen MR) is 84.3 cm³/mol. The van der Waals surface area contributed by atoms with Crippen LogP contribution in [0, 0.1) is 0 Å². The number of aliphatic hydroxyl groups excluding tert-OH is 1. The fraction of sp³-hybridized carbons (Fsp3) is 0.375. The summed E-state index contributed by atoms with van der Waals surface area (Å²) in [5, 5.41) is 14.3. The fourth-order valence-corrected chi connectivity index (χ4v) is 2.08. The molecule has 3 N–H and O–H groups in total. The summed E-state index contributed by atoms with van der Waals surface area (Å²) >= 11 is 0. The van der Waals surface area contributed by atoms with Crippen molar-refractivity contribution in [3.63, 3.8) is 0 Å². The molecule has 0 aliphatic carbocycles. The Morgan fingerprint density at radius 2 is 2.14 bits per heavy atom. The Hall–Kier alpha value is -2.34. The molecule has 22 heavy (non-hydrogen) atoms. The summed E-state index contributed by atoms with van der Waals surface area (Å²) in [6.07, 6.45) is 4.56. The number of hydrogen-bond acceptors (Lipinski definition) is 3. The number of aryl methyl sites for hydroxylation is 2. The van der Waals surface area contributed by atoms with E-state index in [4.69, 9.17) is 5.11 Å². The first-order valence-electron chi connectivity index (χ1n) is 7.38. The van der Waals surface area contributed by atoms with E-state index in [1.54, 1.807) is 13.1 Å². The van der Waals surface area contributed by atoms with Crippen molar-refractivity contribution in [2.75, 3.05) is 6.61 Å². The standard InChI is InChI=1S/C16H22N4O2/c1-13(12-21)19-16(22)18-11-15-17-8-10-20(15)9-7-14-5-3-2-4-6-14/h2-6,8,10,13,21H,7,9,11-12H2,1H3,(H2,18,19,22). The van der Waals surface area contributed by atoms with Crippen molar-refractivity contribution in [2.45, 2.75) is 32.5 Å². The number of aromatic nitrogens is 2. The molecule has 118 valence electrons. The normalized spacial score (nSPS) is 11.9. The third kappa shape index (κ3) is 4.89. The van der Waals surface area contributed by atoms with Crippen molar-refractivity contribution in [2.24, 2.45) is 0 Å². The molecule has 6 nitrogen and oxygen atoms in total. The highest BCUT2D eigenvalue weighted by Gasteiger charge is 2.08. The maximum Gasteiger partial charge on any atom is 0.315 e. The number of urea groups is 1. The van der Waals surface area contributed by atoms with Gasteiger partial charge in [-0.25, -0.2) is 9.78 Å². The minimum atomic E-state index is -0.306. The summed E-state index contributed by atoms with van der Waals surface area (Å²) in [6.45, 7) is 2.82. The van der Waals surface area contributed by atoms with Crippen molar-refractivity contribution in [3.05, 3.63) is 54.1 Å². The van der Waals surface area contributed by atoms with Crippen LogP contribution in [0.3, 0.4) is 0 Å². The van der Waals surface area contributed by atoms with E-state index >= 15 is 0 Å². The SMILES string of the molecule is CC(CO)NC(=O)NCc1nccn1CCc1ccccc1. The zero-order valence-electron chi connectivity index (χ0n) is 12.7. The molecule has 0 saturated carbocycles. The molecule has 2 aromatic rings. The van der Waals surface area contributed by atoms with Crippen LogP contribution in [0.1, 0.15) is 18.3 Å². The van der Waals surface area contributed by atoms with Crippen LogP contribution in [0.25, 0.3) is 0 Å². The van der Waals surface area contributed by atoms with Gasteiger partial charge in [-0.1, -0.05) is 30.3 Å². The van der Waals surface area contributed by atoms with Gasteiger partial charge in [-0.3, -0.25) is 0 Å². The van der Waals surface area contributed by atoms with Crippen LogP contribution in [0.15, 0.2) is 42.7 Å². The lowest BCUT2D eigenvalue weighted by Gasteiger charge is -2.12. The first-order chi connectivity index (χ1) is 10.7. The van der Waals surface area contributed by atoms with E-state index in [1.807, 2.05) is 29.0 Å². The molecular weight excluding hydrogens is 280 g/mol. The Morgan fingerprint density at radius 3 is 2.86 bits per heavy atom. The summed E-state index contributed by atoms with van der Waals surface area (Å²) in [4.78, 5) is 15.9. The predicted octanol–water partition coefficient (Wildman–Crippen LogP) is 1.31. The van der Waals surface area contributed by atoms with E-state index < -0.39 is 0 Å². The molecule has 0 radical (unpaired) electrons. The zero-order chi connectivity index (χ0) is 15.8. The molecule has 1 aromatic carbocycles. The van der Waals surface area contributed by atoms with Crippen LogP contribution in [0.4, 0.5) is 4.79 Å². The molecule has 1 unspecified atom stereocenters. The lowest BCUT2D eigenvalue weighted by molar-refractivity contribution is 0.220. The van der Waals surface area contributed by atoms with Gasteiger partial charge in [-0.2, -0.15) is 0 Å². The molecule has 0 spiro atoms. The Labute approximate surface area is 130 Å². The van der Waals surface area contributed by atoms with E-state index in [2.05, 4.69) is 27.8 Å². The first-order valence-corrected chi connectivity index (χ1v) is 7.38. The number of nitrogens with zero attached hydrogens (tertiary/aromatic N) is 2. The van der Waals surface area contributed by atoms with Crippen LogP contribution in [0.2, 0.25) is 0 Å². The molecule has 0 saturated heterocycles. The van der Waals surface area contributed by atoms with Gasteiger partial charge >= 0.3 is 6.03 Å². The summed E-state index contributed by atoms with van der Waals surface area (Å²) in [5.41, 5.74) is 1.27. The number of carbonyl (C=O) groups is 1. The lowest BCUT2D eigenvalue weighted by atomic mass is 10.1. The van der Waals surface area contributed by atoms with Gasteiger partial charge in [0, 0.05) is 18.9 Å². The van der Waals surface area contributed by atoms with Gasteiger partial charge in [0.1, 0.15) is 5.82 Å². The van der Waals surface area contributed by atoms with Gasteiger partial charge < -0.3 is 20.3 Å². The number of aliphatic hydroxyl groups is 1.